The zero-order valence-corrected chi connectivity index (χ0v) is 20.0. The van der Waals surface area contributed by atoms with E-state index < -0.39 is 0 Å². The second-order valence-corrected chi connectivity index (χ2v) is 8.67. The molecule has 0 aliphatic heterocycles. The molecule has 33 heavy (non-hydrogen) atoms. The monoisotopic (exact) mass is 503 g/mol. The topological polar surface area (TPSA) is 46.5 Å². The van der Waals surface area contributed by atoms with Gasteiger partial charge >= 0.3 is 6.03 Å². The number of aromatic nitrogens is 1. The summed E-state index contributed by atoms with van der Waals surface area (Å²) < 4.78 is 8.49. The molecule has 2 amide bonds. The molecule has 0 saturated carbocycles. The molecule has 3 aromatic carbocycles. The Labute approximate surface area is 202 Å². The summed E-state index contributed by atoms with van der Waals surface area (Å²) >= 11 is 3.44. The first-order chi connectivity index (χ1) is 16.1. The number of halogens is 1. The molecule has 0 saturated heterocycles. The smallest absolute Gasteiger partial charge is 0.322 e. The number of nitrogens with one attached hydrogen (secondary N) is 1. The van der Waals surface area contributed by atoms with Crippen molar-refractivity contribution in [2.75, 3.05) is 12.4 Å². The Kier molecular flexibility index (Phi) is 7.47. The molecule has 0 unspecified atom stereocenters. The molecule has 0 atom stereocenters. The summed E-state index contributed by atoms with van der Waals surface area (Å²) in [5.41, 5.74) is 4.03. The highest BCUT2D eigenvalue weighted by Crippen LogP contribution is 2.19. The number of hydrogen-bond acceptors (Lipinski definition) is 2. The number of nitrogens with zero attached hydrogens (tertiary/aromatic N) is 2. The number of carbonyl (C=O) groups is 1. The third-order valence-corrected chi connectivity index (χ3v) is 5.89. The molecular formula is C27H26BrN3O2. The number of carbonyl (C=O) groups excluding carboxylic acids is 1. The van der Waals surface area contributed by atoms with Gasteiger partial charge in [-0.1, -0.05) is 58.4 Å². The molecule has 1 N–H and O–H groups in total. The van der Waals surface area contributed by atoms with Gasteiger partial charge in [0.2, 0.25) is 0 Å². The summed E-state index contributed by atoms with van der Waals surface area (Å²) in [6, 6.07) is 29.6. The van der Waals surface area contributed by atoms with Crippen molar-refractivity contribution in [1.29, 1.82) is 0 Å². The van der Waals surface area contributed by atoms with Gasteiger partial charge < -0.3 is 19.5 Å². The first-order valence-electron chi connectivity index (χ1n) is 10.7. The third-order valence-electron chi connectivity index (χ3n) is 5.36. The van der Waals surface area contributed by atoms with E-state index in [1.54, 1.807) is 7.11 Å². The van der Waals surface area contributed by atoms with Crippen molar-refractivity contribution in [3.63, 3.8) is 0 Å². The minimum absolute atomic E-state index is 0.143. The number of methoxy groups -OCH3 is 1. The second-order valence-electron chi connectivity index (χ2n) is 7.76. The lowest BCUT2D eigenvalue weighted by atomic mass is 10.2. The molecule has 0 radical (unpaired) electrons. The lowest BCUT2D eigenvalue weighted by molar-refractivity contribution is 0.205. The van der Waals surface area contributed by atoms with Gasteiger partial charge in [0.25, 0.3) is 0 Å². The van der Waals surface area contributed by atoms with Crippen molar-refractivity contribution in [1.82, 2.24) is 9.47 Å². The van der Waals surface area contributed by atoms with E-state index in [-0.39, 0.29) is 6.03 Å². The SMILES string of the molecule is COc1cccc(Cn2cccc2CN(Cc2ccccc2)C(=O)Nc2ccc(Br)cc2)c1. The van der Waals surface area contributed by atoms with Gasteiger partial charge in [0.15, 0.2) is 0 Å². The van der Waals surface area contributed by atoms with E-state index in [2.05, 4.69) is 37.9 Å². The van der Waals surface area contributed by atoms with E-state index in [0.29, 0.717) is 19.6 Å². The summed E-state index contributed by atoms with van der Waals surface area (Å²) in [7, 11) is 1.67. The van der Waals surface area contributed by atoms with Crippen LogP contribution in [0.15, 0.2) is 102 Å². The Morgan fingerprint density at radius 2 is 1.67 bits per heavy atom. The minimum atomic E-state index is -0.143. The molecule has 0 spiro atoms. The van der Waals surface area contributed by atoms with E-state index in [0.717, 1.165) is 32.7 Å². The highest BCUT2D eigenvalue weighted by molar-refractivity contribution is 9.10. The largest absolute Gasteiger partial charge is 0.497 e. The fraction of sp³-hybridized carbons (Fsp3) is 0.148. The van der Waals surface area contributed by atoms with Crippen molar-refractivity contribution in [2.45, 2.75) is 19.6 Å². The Morgan fingerprint density at radius 3 is 2.42 bits per heavy atom. The van der Waals surface area contributed by atoms with Crippen LogP contribution in [0.4, 0.5) is 10.5 Å². The van der Waals surface area contributed by atoms with Crippen LogP contribution in [0.25, 0.3) is 0 Å². The highest BCUT2D eigenvalue weighted by atomic mass is 79.9. The lowest BCUT2D eigenvalue weighted by Gasteiger charge is -2.24. The first kappa shape index (κ1) is 22.7. The van der Waals surface area contributed by atoms with Crippen molar-refractivity contribution in [3.05, 3.63) is 118 Å². The number of rotatable bonds is 8. The standard InChI is InChI=1S/C27H26BrN3O2/c1-33-26-11-5-9-22(17-26)19-30-16-6-10-25(30)20-31(18-21-7-3-2-4-8-21)27(32)29-24-14-12-23(28)13-15-24/h2-17H,18-20H2,1H3,(H,29,32). The predicted molar refractivity (Wildman–Crippen MR) is 135 cm³/mol. The van der Waals surface area contributed by atoms with E-state index in [1.807, 2.05) is 90.0 Å². The first-order valence-corrected chi connectivity index (χ1v) is 11.5. The van der Waals surface area contributed by atoms with Gasteiger partial charge in [-0.05, 0) is 59.7 Å². The summed E-state index contributed by atoms with van der Waals surface area (Å²) in [5.74, 6) is 0.834. The number of amides is 2. The van der Waals surface area contributed by atoms with Gasteiger partial charge in [-0.25, -0.2) is 4.79 Å². The van der Waals surface area contributed by atoms with Gasteiger partial charge in [0, 0.05) is 35.1 Å². The average molecular weight is 504 g/mol. The van der Waals surface area contributed by atoms with Crippen LogP contribution in [0, 0.1) is 0 Å². The molecule has 0 fully saturated rings. The molecule has 1 heterocycles. The zero-order chi connectivity index (χ0) is 23.0. The molecular weight excluding hydrogens is 478 g/mol. The summed E-state index contributed by atoms with van der Waals surface area (Å²) in [5, 5.41) is 3.03. The van der Waals surface area contributed by atoms with Gasteiger partial charge in [-0.3, -0.25) is 0 Å². The molecule has 1 aromatic heterocycles. The number of ether oxygens (including phenoxy) is 1. The molecule has 0 bridgehead atoms. The quantitative estimate of drug-likeness (QED) is 0.296. The summed E-state index contributed by atoms with van der Waals surface area (Å²) in [6.45, 7) is 1.69. The summed E-state index contributed by atoms with van der Waals surface area (Å²) in [6.07, 6.45) is 2.04. The number of benzene rings is 3. The predicted octanol–water partition coefficient (Wildman–Crippen LogP) is 6.54. The minimum Gasteiger partial charge on any atom is -0.497 e. The van der Waals surface area contributed by atoms with Crippen molar-refractivity contribution < 1.29 is 9.53 Å². The Hall–Kier alpha value is -3.51. The van der Waals surface area contributed by atoms with Crippen LogP contribution >= 0.6 is 15.9 Å². The normalized spacial score (nSPS) is 10.6. The van der Waals surface area contributed by atoms with E-state index in [9.17, 15) is 4.79 Å². The van der Waals surface area contributed by atoms with Gasteiger partial charge in [-0.15, -0.1) is 0 Å². The molecule has 5 nitrogen and oxygen atoms in total. The fourth-order valence-corrected chi connectivity index (χ4v) is 3.91. The van der Waals surface area contributed by atoms with Crippen LogP contribution in [0.2, 0.25) is 0 Å². The lowest BCUT2D eigenvalue weighted by Crippen LogP contribution is -2.34. The van der Waals surface area contributed by atoms with Gasteiger partial charge in [0.1, 0.15) is 5.75 Å². The van der Waals surface area contributed by atoms with Crippen LogP contribution in [0.5, 0.6) is 5.75 Å². The zero-order valence-electron chi connectivity index (χ0n) is 18.4. The average Bonchev–Trinajstić information content (AvgIpc) is 3.27. The Balaban J connectivity index is 1.54. The molecule has 6 heteroatoms. The molecule has 4 rings (SSSR count). The van der Waals surface area contributed by atoms with Crippen molar-refractivity contribution in [2.24, 2.45) is 0 Å². The maximum absolute atomic E-state index is 13.3. The van der Waals surface area contributed by atoms with E-state index >= 15 is 0 Å². The van der Waals surface area contributed by atoms with Crippen LogP contribution < -0.4 is 10.1 Å². The molecule has 4 aromatic rings. The molecule has 168 valence electrons. The second kappa shape index (κ2) is 10.9. The van der Waals surface area contributed by atoms with Gasteiger partial charge in [0.05, 0.1) is 13.7 Å². The van der Waals surface area contributed by atoms with Gasteiger partial charge in [-0.2, -0.15) is 0 Å². The van der Waals surface area contributed by atoms with Crippen LogP contribution in [-0.4, -0.2) is 22.6 Å². The molecule has 0 aliphatic carbocycles. The highest BCUT2D eigenvalue weighted by Gasteiger charge is 2.17. The van der Waals surface area contributed by atoms with Crippen LogP contribution in [-0.2, 0) is 19.6 Å². The van der Waals surface area contributed by atoms with E-state index in [1.165, 1.54) is 0 Å². The van der Waals surface area contributed by atoms with Crippen molar-refractivity contribution in [3.8, 4) is 5.75 Å². The number of anilines is 1. The van der Waals surface area contributed by atoms with Crippen LogP contribution in [0.3, 0.4) is 0 Å². The number of hydrogen-bond donors (Lipinski definition) is 1. The maximum atomic E-state index is 13.3. The maximum Gasteiger partial charge on any atom is 0.322 e. The Bertz CT molecular complexity index is 1190. The molecule has 0 aliphatic rings. The van der Waals surface area contributed by atoms with Crippen molar-refractivity contribution >= 4 is 27.6 Å². The fourth-order valence-electron chi connectivity index (χ4n) is 3.65. The number of urea groups is 1. The third kappa shape index (κ3) is 6.26. The summed E-state index contributed by atoms with van der Waals surface area (Å²) in [4.78, 5) is 15.1. The van der Waals surface area contributed by atoms with E-state index in [4.69, 9.17) is 4.74 Å². The van der Waals surface area contributed by atoms with Crippen LogP contribution in [0.1, 0.15) is 16.8 Å². The Morgan fingerprint density at radius 1 is 0.909 bits per heavy atom.